The lowest BCUT2D eigenvalue weighted by Gasteiger charge is -1.88. The minimum absolute atomic E-state index is 0.0832. The van der Waals surface area contributed by atoms with Gasteiger partial charge in [-0.25, -0.2) is 0 Å². The molecule has 0 amide bonds. The summed E-state index contributed by atoms with van der Waals surface area (Å²) in [5.74, 6) is 0. The molecule has 0 unspecified atom stereocenters. The Morgan fingerprint density at radius 1 is 1.78 bits per heavy atom. The van der Waals surface area contributed by atoms with E-state index in [0.717, 1.165) is 13.0 Å². The van der Waals surface area contributed by atoms with Crippen LogP contribution in [0.25, 0.3) is 0 Å². The highest BCUT2D eigenvalue weighted by Crippen LogP contribution is 2.14. The molecule has 0 aliphatic carbocycles. The second-order valence-corrected chi connectivity index (χ2v) is 2.15. The molecule has 0 spiro atoms. The van der Waals surface area contributed by atoms with E-state index in [1.165, 1.54) is 0 Å². The summed E-state index contributed by atoms with van der Waals surface area (Å²) < 4.78 is 4.87. The zero-order chi connectivity index (χ0) is 6.69. The number of hydrogen-bond donors (Lipinski definition) is 0. The van der Waals surface area contributed by atoms with Crippen molar-refractivity contribution in [3.8, 4) is 0 Å². The summed E-state index contributed by atoms with van der Waals surface area (Å²) in [6.07, 6.45) is 1.84. The van der Waals surface area contributed by atoms with Crippen molar-refractivity contribution < 1.29 is 9.66 Å². The van der Waals surface area contributed by atoms with Gasteiger partial charge in [-0.2, -0.15) is 0 Å². The van der Waals surface area contributed by atoms with Crippen LogP contribution in [-0.4, -0.2) is 24.2 Å². The molecule has 0 aromatic carbocycles. The molecule has 0 radical (unpaired) electrons. The summed E-state index contributed by atoms with van der Waals surface area (Å²) in [6.45, 7) is 0.886. The first-order valence-corrected chi connectivity index (χ1v) is 3.02. The van der Waals surface area contributed by atoms with Crippen molar-refractivity contribution in [3.63, 3.8) is 0 Å². The Labute approximate surface area is 53.0 Å². The van der Waals surface area contributed by atoms with Crippen molar-refractivity contribution in [1.82, 2.24) is 0 Å². The van der Waals surface area contributed by atoms with Gasteiger partial charge in [-0.1, -0.05) is 0 Å². The lowest BCUT2D eigenvalue weighted by atomic mass is 10.2. The Balaban J connectivity index is 1.86. The van der Waals surface area contributed by atoms with Gasteiger partial charge in [0.15, 0.2) is 0 Å². The fourth-order valence-corrected chi connectivity index (χ4v) is 0.683. The molecular weight excluding hydrogens is 122 g/mol. The summed E-state index contributed by atoms with van der Waals surface area (Å²) in [5.41, 5.74) is 0. The number of ether oxygens (including phenoxy) is 1. The molecule has 1 saturated heterocycles. The minimum atomic E-state index is -0.289. The van der Waals surface area contributed by atoms with Crippen LogP contribution in [0.3, 0.4) is 0 Å². The predicted molar refractivity (Wildman–Crippen MR) is 30.8 cm³/mol. The maximum Gasteiger partial charge on any atom is 0.204 e. The van der Waals surface area contributed by atoms with Crippen LogP contribution in [0.2, 0.25) is 0 Å². The fourth-order valence-electron chi connectivity index (χ4n) is 0.683. The average molecular weight is 131 g/mol. The third-order valence-corrected chi connectivity index (χ3v) is 1.27. The Morgan fingerprint density at radius 2 is 2.44 bits per heavy atom. The summed E-state index contributed by atoms with van der Waals surface area (Å²) in [4.78, 5) is 9.48. The van der Waals surface area contributed by atoms with Crippen LogP contribution in [0.4, 0.5) is 0 Å². The third kappa shape index (κ3) is 3.03. The van der Waals surface area contributed by atoms with E-state index in [0.29, 0.717) is 12.5 Å². The van der Waals surface area contributed by atoms with Crippen molar-refractivity contribution in [2.75, 3.05) is 13.2 Å². The molecule has 0 aromatic heterocycles. The summed E-state index contributed by atoms with van der Waals surface area (Å²) in [5, 5.41) is 9.77. The van der Waals surface area contributed by atoms with Crippen LogP contribution in [0.1, 0.15) is 12.8 Å². The first-order chi connectivity index (χ1) is 4.29. The van der Waals surface area contributed by atoms with Crippen molar-refractivity contribution in [2.45, 2.75) is 18.9 Å². The van der Waals surface area contributed by atoms with Gasteiger partial charge in [-0.05, 0) is 6.42 Å². The van der Waals surface area contributed by atoms with Crippen molar-refractivity contribution >= 4 is 0 Å². The summed E-state index contributed by atoms with van der Waals surface area (Å²) >= 11 is 0. The Bertz CT molecular complexity index is 111. The van der Waals surface area contributed by atoms with E-state index in [-0.39, 0.29) is 11.5 Å². The quantitative estimate of drug-likeness (QED) is 0.316. The molecule has 0 bridgehead atoms. The zero-order valence-electron chi connectivity index (χ0n) is 5.08. The third-order valence-electron chi connectivity index (χ3n) is 1.27. The van der Waals surface area contributed by atoms with Crippen molar-refractivity contribution in [3.05, 3.63) is 10.1 Å². The molecule has 1 aliphatic rings. The van der Waals surface area contributed by atoms with Gasteiger partial charge in [-0.3, -0.25) is 10.1 Å². The van der Waals surface area contributed by atoms with Gasteiger partial charge in [0, 0.05) is 11.3 Å². The van der Waals surface area contributed by atoms with Gasteiger partial charge in [0.1, 0.15) is 0 Å². The van der Waals surface area contributed by atoms with Gasteiger partial charge in [0.2, 0.25) is 6.54 Å². The van der Waals surface area contributed by atoms with Crippen LogP contribution in [0.15, 0.2) is 0 Å². The van der Waals surface area contributed by atoms with E-state index >= 15 is 0 Å². The molecule has 1 heterocycles. The van der Waals surface area contributed by atoms with Crippen molar-refractivity contribution in [1.29, 1.82) is 0 Å². The molecule has 0 aromatic rings. The topological polar surface area (TPSA) is 55.7 Å². The second-order valence-electron chi connectivity index (χ2n) is 2.15. The van der Waals surface area contributed by atoms with Crippen LogP contribution in [0.5, 0.6) is 0 Å². The number of rotatable bonds is 4. The molecule has 9 heavy (non-hydrogen) atoms. The maximum absolute atomic E-state index is 9.77. The molecular formula is C5H9NO3. The van der Waals surface area contributed by atoms with Crippen LogP contribution in [0, 0.1) is 10.1 Å². The molecule has 0 N–H and O–H groups in total. The number of nitro groups is 1. The molecule has 1 atom stereocenters. The van der Waals surface area contributed by atoms with E-state index in [2.05, 4.69) is 0 Å². The fraction of sp³-hybridized carbons (Fsp3) is 1.00. The molecule has 1 fully saturated rings. The van der Waals surface area contributed by atoms with Gasteiger partial charge >= 0.3 is 0 Å². The van der Waals surface area contributed by atoms with Crippen LogP contribution in [-0.2, 0) is 4.74 Å². The van der Waals surface area contributed by atoms with E-state index in [9.17, 15) is 10.1 Å². The lowest BCUT2D eigenvalue weighted by Crippen LogP contribution is -2.01. The number of nitrogens with zero attached hydrogens (tertiary/aromatic N) is 1. The predicted octanol–water partition coefficient (Wildman–Crippen LogP) is 0.442. The van der Waals surface area contributed by atoms with E-state index < -0.39 is 0 Å². The highest BCUT2D eigenvalue weighted by Gasteiger charge is 2.21. The highest BCUT2D eigenvalue weighted by molar-refractivity contribution is 4.67. The molecule has 1 rings (SSSR count). The zero-order valence-corrected chi connectivity index (χ0v) is 5.08. The second kappa shape index (κ2) is 2.77. The summed E-state index contributed by atoms with van der Waals surface area (Å²) in [7, 11) is 0. The Kier molecular flexibility index (Phi) is 2.00. The maximum atomic E-state index is 9.77. The standard InChI is InChI=1S/C5H9NO3/c7-6(8)3-1-2-5-4-9-5/h5H,1-4H2/t5-/m1/s1. The normalized spacial score (nSPS) is 23.8. The number of epoxide rings is 1. The molecule has 0 saturated carbocycles. The first kappa shape index (κ1) is 6.48. The molecule has 4 heteroatoms. The van der Waals surface area contributed by atoms with E-state index in [1.807, 2.05) is 0 Å². The van der Waals surface area contributed by atoms with Crippen molar-refractivity contribution in [2.24, 2.45) is 0 Å². The van der Waals surface area contributed by atoms with Gasteiger partial charge in [-0.15, -0.1) is 0 Å². The van der Waals surface area contributed by atoms with Gasteiger partial charge in [0.25, 0.3) is 0 Å². The van der Waals surface area contributed by atoms with Crippen LogP contribution >= 0.6 is 0 Å². The van der Waals surface area contributed by atoms with E-state index in [1.54, 1.807) is 0 Å². The van der Waals surface area contributed by atoms with Crippen LogP contribution < -0.4 is 0 Å². The van der Waals surface area contributed by atoms with Gasteiger partial charge < -0.3 is 4.74 Å². The Morgan fingerprint density at radius 3 is 2.89 bits per heavy atom. The first-order valence-electron chi connectivity index (χ1n) is 3.02. The summed E-state index contributed by atoms with van der Waals surface area (Å²) in [6, 6.07) is 0. The Hall–Kier alpha value is -0.640. The molecule has 4 nitrogen and oxygen atoms in total. The largest absolute Gasteiger partial charge is 0.373 e. The average Bonchev–Trinajstić information content (AvgIpc) is 2.48. The molecule has 52 valence electrons. The molecule has 1 aliphatic heterocycles. The lowest BCUT2D eigenvalue weighted by molar-refractivity contribution is -0.480. The SMILES string of the molecule is O=[N+]([O-])CCC[C@@H]1CO1. The highest BCUT2D eigenvalue weighted by atomic mass is 16.6. The monoisotopic (exact) mass is 131 g/mol. The smallest absolute Gasteiger partial charge is 0.204 e. The van der Waals surface area contributed by atoms with E-state index in [4.69, 9.17) is 4.74 Å². The minimum Gasteiger partial charge on any atom is -0.373 e. The number of hydrogen-bond acceptors (Lipinski definition) is 3. The van der Waals surface area contributed by atoms with Gasteiger partial charge in [0.05, 0.1) is 12.7 Å².